The number of benzene rings is 2. The highest BCUT2D eigenvalue weighted by molar-refractivity contribution is 8.01. The first-order valence-corrected chi connectivity index (χ1v) is 10.9. The third kappa shape index (κ3) is 4.81. The normalized spacial score (nSPS) is 10.8. The Kier molecular flexibility index (Phi) is 5.83. The van der Waals surface area contributed by atoms with Crippen molar-refractivity contribution in [3.05, 3.63) is 87.2 Å². The average Bonchev–Trinajstić information content (AvgIpc) is 3.39. The van der Waals surface area contributed by atoms with Gasteiger partial charge >= 0.3 is 0 Å². The maximum atomic E-state index is 12.7. The van der Waals surface area contributed by atoms with Gasteiger partial charge < -0.3 is 5.32 Å². The number of nitrogens with one attached hydrogen (secondary N) is 1. The molecule has 0 aliphatic rings. The van der Waals surface area contributed by atoms with Crippen LogP contribution in [0.1, 0.15) is 21.6 Å². The zero-order chi connectivity index (χ0) is 22.0. The third-order valence-corrected chi connectivity index (χ3v) is 6.47. The van der Waals surface area contributed by atoms with Crippen molar-refractivity contribution in [1.29, 1.82) is 0 Å². The number of hydrogen-bond donors (Lipinski definition) is 1. The van der Waals surface area contributed by atoms with Gasteiger partial charge in [0.05, 0.1) is 22.4 Å². The number of aromatic nitrogens is 3. The molecule has 2 aromatic carbocycles. The number of anilines is 1. The highest BCUT2D eigenvalue weighted by atomic mass is 32.2. The molecule has 1 N–H and O–H groups in total. The van der Waals surface area contributed by atoms with E-state index in [4.69, 9.17) is 0 Å². The fraction of sp³-hybridized carbons (Fsp3) is 0.0952. The Bertz CT molecular complexity index is 1260. The molecule has 4 rings (SSSR count). The summed E-state index contributed by atoms with van der Waals surface area (Å²) in [4.78, 5) is 28.5. The molecule has 2 aromatic heterocycles. The minimum Gasteiger partial charge on any atom is -0.322 e. The maximum absolute atomic E-state index is 12.7. The van der Waals surface area contributed by atoms with Gasteiger partial charge in [-0.15, -0.1) is 11.3 Å². The Morgan fingerprint density at radius 3 is 2.61 bits per heavy atom. The molecule has 0 radical (unpaired) electrons. The number of hydrogen-bond acceptors (Lipinski definition) is 7. The number of aryl methyl sites for hydroxylation is 2. The van der Waals surface area contributed by atoms with Gasteiger partial charge in [-0.2, -0.15) is 5.10 Å². The second-order valence-corrected chi connectivity index (χ2v) is 8.91. The van der Waals surface area contributed by atoms with E-state index in [0.29, 0.717) is 16.9 Å². The van der Waals surface area contributed by atoms with Crippen LogP contribution >= 0.6 is 23.1 Å². The van der Waals surface area contributed by atoms with Crippen LogP contribution in [0.25, 0.3) is 5.69 Å². The number of rotatable bonds is 6. The molecule has 4 aromatic rings. The van der Waals surface area contributed by atoms with Crippen LogP contribution in [0, 0.1) is 24.0 Å². The quantitative estimate of drug-likeness (QED) is 0.317. The first kappa shape index (κ1) is 20.8. The summed E-state index contributed by atoms with van der Waals surface area (Å²) in [5, 5.41) is 19.9. The molecule has 2 heterocycles. The van der Waals surface area contributed by atoms with Crippen molar-refractivity contribution in [2.45, 2.75) is 23.1 Å². The summed E-state index contributed by atoms with van der Waals surface area (Å²) in [5.41, 5.74) is 3.66. The summed E-state index contributed by atoms with van der Waals surface area (Å²) >= 11 is 3.19. The van der Waals surface area contributed by atoms with Gasteiger partial charge in [0.15, 0.2) is 4.34 Å². The van der Waals surface area contributed by atoms with Gasteiger partial charge in [0, 0.05) is 40.0 Å². The number of carbonyl (C=O) groups excluding carboxylic acids is 1. The second kappa shape index (κ2) is 8.70. The van der Waals surface area contributed by atoms with E-state index in [-0.39, 0.29) is 11.6 Å². The predicted molar refractivity (Wildman–Crippen MR) is 120 cm³/mol. The lowest BCUT2D eigenvalue weighted by Crippen LogP contribution is -2.12. The zero-order valence-electron chi connectivity index (χ0n) is 16.6. The monoisotopic (exact) mass is 451 g/mol. The Morgan fingerprint density at radius 2 is 1.97 bits per heavy atom. The third-order valence-electron chi connectivity index (χ3n) is 4.42. The molecule has 0 aliphatic heterocycles. The second-order valence-electron chi connectivity index (χ2n) is 6.73. The average molecular weight is 452 g/mol. The minimum absolute atomic E-state index is 0.00375. The number of nitro benzene ring substituents is 1. The first-order chi connectivity index (χ1) is 14.9. The number of nitrogens with zero attached hydrogens (tertiary/aromatic N) is 4. The van der Waals surface area contributed by atoms with E-state index in [1.165, 1.54) is 23.0 Å². The van der Waals surface area contributed by atoms with Gasteiger partial charge in [0.25, 0.3) is 11.6 Å². The Morgan fingerprint density at radius 1 is 1.19 bits per heavy atom. The standard InChI is InChI=1S/C21H17N5O3S2/c1-13-9-18(31-21-23-14(2)12-30-21)7-8-19(13)24-20(27)15-10-22-25(11-15)16-3-5-17(6-4-16)26(28)29/h3-12H,1-2H3,(H,24,27). The van der Waals surface area contributed by atoms with Crippen molar-refractivity contribution >= 4 is 40.4 Å². The van der Waals surface area contributed by atoms with Crippen molar-refractivity contribution in [2.24, 2.45) is 0 Å². The summed E-state index contributed by atoms with van der Waals surface area (Å²) in [6, 6.07) is 11.8. The Labute approximate surface area is 186 Å². The molecule has 0 bridgehead atoms. The lowest BCUT2D eigenvalue weighted by atomic mass is 10.2. The summed E-state index contributed by atoms with van der Waals surface area (Å²) in [6.45, 7) is 3.90. The molecular formula is C21H17N5O3S2. The zero-order valence-corrected chi connectivity index (χ0v) is 18.2. The van der Waals surface area contributed by atoms with Crippen molar-refractivity contribution in [2.75, 3.05) is 5.32 Å². The summed E-state index contributed by atoms with van der Waals surface area (Å²) in [6.07, 6.45) is 3.04. The molecule has 8 nitrogen and oxygen atoms in total. The fourth-order valence-electron chi connectivity index (χ4n) is 2.82. The topological polar surface area (TPSA) is 103 Å². The molecule has 0 atom stereocenters. The number of thiazole rings is 1. The SMILES string of the molecule is Cc1csc(Sc2ccc(NC(=O)c3cnn(-c4ccc([N+](=O)[O-])cc4)c3)c(C)c2)n1. The van der Waals surface area contributed by atoms with E-state index in [1.54, 1.807) is 41.4 Å². The number of nitro groups is 1. The van der Waals surface area contributed by atoms with Crippen molar-refractivity contribution in [3.63, 3.8) is 0 Å². The summed E-state index contributed by atoms with van der Waals surface area (Å²) in [5.74, 6) is -0.285. The van der Waals surface area contributed by atoms with Gasteiger partial charge in [0.2, 0.25) is 0 Å². The van der Waals surface area contributed by atoms with Crippen molar-refractivity contribution in [1.82, 2.24) is 14.8 Å². The van der Waals surface area contributed by atoms with Gasteiger partial charge in [0.1, 0.15) is 0 Å². The number of amides is 1. The van der Waals surface area contributed by atoms with Crippen LogP contribution in [0.2, 0.25) is 0 Å². The number of carbonyl (C=O) groups is 1. The Balaban J connectivity index is 1.45. The van der Waals surface area contributed by atoms with Crippen molar-refractivity contribution in [3.8, 4) is 5.69 Å². The predicted octanol–water partition coefficient (Wildman–Crippen LogP) is 5.26. The molecule has 10 heteroatoms. The molecule has 0 aliphatic carbocycles. The molecule has 0 spiro atoms. The van der Waals surface area contributed by atoms with E-state index in [9.17, 15) is 14.9 Å². The van der Waals surface area contributed by atoms with E-state index in [2.05, 4.69) is 15.4 Å². The van der Waals surface area contributed by atoms with E-state index >= 15 is 0 Å². The van der Waals surface area contributed by atoms with Crippen LogP contribution in [0.3, 0.4) is 0 Å². The molecule has 0 saturated carbocycles. The maximum Gasteiger partial charge on any atom is 0.269 e. The van der Waals surface area contributed by atoms with Crippen LogP contribution in [0.15, 0.2) is 69.5 Å². The molecule has 0 saturated heterocycles. The van der Waals surface area contributed by atoms with Crippen molar-refractivity contribution < 1.29 is 9.72 Å². The van der Waals surface area contributed by atoms with Gasteiger partial charge in [-0.25, -0.2) is 9.67 Å². The molecule has 31 heavy (non-hydrogen) atoms. The smallest absolute Gasteiger partial charge is 0.269 e. The van der Waals surface area contributed by atoms with Crippen LogP contribution in [0.4, 0.5) is 11.4 Å². The molecule has 0 unspecified atom stereocenters. The minimum atomic E-state index is -0.462. The van der Waals surface area contributed by atoms with Gasteiger partial charge in [-0.05, 0) is 49.7 Å². The molecule has 156 valence electrons. The summed E-state index contributed by atoms with van der Waals surface area (Å²) < 4.78 is 2.48. The van der Waals surface area contributed by atoms with E-state index in [0.717, 1.165) is 20.5 Å². The highest BCUT2D eigenvalue weighted by Crippen LogP contribution is 2.32. The molecule has 0 fully saturated rings. The van der Waals surface area contributed by atoms with Gasteiger partial charge in [-0.3, -0.25) is 14.9 Å². The fourth-order valence-corrected chi connectivity index (χ4v) is 4.73. The largest absolute Gasteiger partial charge is 0.322 e. The van der Waals surface area contributed by atoms with Gasteiger partial charge in [-0.1, -0.05) is 11.8 Å². The molecule has 1 amide bonds. The first-order valence-electron chi connectivity index (χ1n) is 9.20. The highest BCUT2D eigenvalue weighted by Gasteiger charge is 2.13. The van der Waals surface area contributed by atoms with Crippen LogP contribution in [-0.2, 0) is 0 Å². The molecular weight excluding hydrogens is 434 g/mol. The van der Waals surface area contributed by atoms with E-state index in [1.807, 2.05) is 37.4 Å². The lowest BCUT2D eigenvalue weighted by molar-refractivity contribution is -0.384. The summed E-state index contributed by atoms with van der Waals surface area (Å²) in [7, 11) is 0. The van der Waals surface area contributed by atoms with Crippen LogP contribution < -0.4 is 5.32 Å². The van der Waals surface area contributed by atoms with E-state index < -0.39 is 4.92 Å². The Hall–Kier alpha value is -3.50. The van der Waals surface area contributed by atoms with Crippen LogP contribution in [0.5, 0.6) is 0 Å². The number of non-ortho nitro benzene ring substituents is 1. The lowest BCUT2D eigenvalue weighted by Gasteiger charge is -2.09. The van der Waals surface area contributed by atoms with Crippen LogP contribution in [-0.4, -0.2) is 25.6 Å².